The molecule has 96 valence electrons. The van der Waals surface area contributed by atoms with Gasteiger partial charge in [0.25, 0.3) is 0 Å². The Morgan fingerprint density at radius 2 is 1.76 bits per heavy atom. The quantitative estimate of drug-likeness (QED) is 0.712. The van der Waals surface area contributed by atoms with Crippen LogP contribution >= 0.6 is 0 Å². The van der Waals surface area contributed by atoms with Crippen LogP contribution in [0.25, 0.3) is 0 Å². The van der Waals surface area contributed by atoms with E-state index in [0.717, 1.165) is 5.56 Å². The van der Waals surface area contributed by atoms with Gasteiger partial charge in [-0.1, -0.05) is 0 Å². The lowest BCUT2D eigenvalue weighted by molar-refractivity contribution is 0.124. The molecule has 1 rings (SSSR count). The van der Waals surface area contributed by atoms with Gasteiger partial charge in [-0.05, 0) is 38.5 Å². The molecule has 4 heteroatoms. The fourth-order valence-electron chi connectivity index (χ4n) is 1.73. The molecule has 0 saturated heterocycles. The molecule has 0 spiro atoms. The van der Waals surface area contributed by atoms with Gasteiger partial charge in [-0.25, -0.2) is 0 Å². The van der Waals surface area contributed by atoms with E-state index in [0.29, 0.717) is 13.2 Å². The lowest BCUT2D eigenvalue weighted by Crippen LogP contribution is -2.32. The summed E-state index contributed by atoms with van der Waals surface area (Å²) in [5.41, 5.74) is 0.853. The van der Waals surface area contributed by atoms with Gasteiger partial charge in [-0.3, -0.25) is 0 Å². The minimum atomic E-state index is 0.0449. The van der Waals surface area contributed by atoms with Crippen molar-refractivity contribution in [3.63, 3.8) is 0 Å². The maximum absolute atomic E-state index is 9.41. The van der Waals surface area contributed by atoms with Crippen molar-refractivity contribution in [1.29, 1.82) is 0 Å². The molecule has 0 heterocycles. The topological polar surface area (TPSA) is 61.7 Å². The summed E-state index contributed by atoms with van der Waals surface area (Å²) in [6.45, 7) is 7.33. The van der Waals surface area contributed by atoms with Crippen molar-refractivity contribution in [2.24, 2.45) is 0 Å². The van der Waals surface area contributed by atoms with Crippen LogP contribution in [0.2, 0.25) is 0 Å². The molecule has 0 aliphatic rings. The van der Waals surface area contributed by atoms with Gasteiger partial charge in [0.1, 0.15) is 11.5 Å². The van der Waals surface area contributed by atoms with Crippen LogP contribution in [0.5, 0.6) is 11.5 Å². The van der Waals surface area contributed by atoms with Gasteiger partial charge >= 0.3 is 0 Å². The van der Waals surface area contributed by atoms with Crippen LogP contribution in [0.3, 0.4) is 0 Å². The smallest absolute Gasteiger partial charge is 0.119 e. The summed E-state index contributed by atoms with van der Waals surface area (Å²) in [7, 11) is 0. The SMILES string of the molecule is CCOCC(C)NC(C)c1cc(O)cc(O)c1. The van der Waals surface area contributed by atoms with Crippen molar-refractivity contribution in [2.45, 2.75) is 32.9 Å². The van der Waals surface area contributed by atoms with Crippen molar-refractivity contribution >= 4 is 0 Å². The molecule has 0 saturated carbocycles. The Kier molecular flexibility index (Phi) is 5.25. The number of hydrogen-bond acceptors (Lipinski definition) is 4. The van der Waals surface area contributed by atoms with E-state index in [1.54, 1.807) is 12.1 Å². The van der Waals surface area contributed by atoms with Crippen LogP contribution in [0.15, 0.2) is 18.2 Å². The Morgan fingerprint density at radius 1 is 1.18 bits per heavy atom. The van der Waals surface area contributed by atoms with E-state index in [-0.39, 0.29) is 23.6 Å². The Bertz CT molecular complexity index is 334. The van der Waals surface area contributed by atoms with Gasteiger partial charge in [0, 0.05) is 24.8 Å². The summed E-state index contributed by atoms with van der Waals surface area (Å²) < 4.78 is 5.32. The van der Waals surface area contributed by atoms with Crippen LogP contribution in [-0.4, -0.2) is 29.5 Å². The highest BCUT2D eigenvalue weighted by molar-refractivity contribution is 5.37. The number of benzene rings is 1. The lowest BCUT2D eigenvalue weighted by atomic mass is 10.1. The molecular formula is C13H21NO3. The summed E-state index contributed by atoms with van der Waals surface area (Å²) in [6, 6.07) is 4.87. The third-order valence-electron chi connectivity index (χ3n) is 2.53. The zero-order chi connectivity index (χ0) is 12.8. The molecule has 0 aliphatic heterocycles. The molecule has 2 atom stereocenters. The molecular weight excluding hydrogens is 218 g/mol. The molecule has 0 bridgehead atoms. The molecule has 1 aromatic carbocycles. The van der Waals surface area contributed by atoms with E-state index in [2.05, 4.69) is 5.32 Å². The maximum Gasteiger partial charge on any atom is 0.119 e. The summed E-state index contributed by atoms with van der Waals surface area (Å²) in [5.74, 6) is 0.150. The Labute approximate surface area is 102 Å². The average molecular weight is 239 g/mol. The summed E-state index contributed by atoms with van der Waals surface area (Å²) in [6.07, 6.45) is 0. The molecule has 2 unspecified atom stereocenters. The van der Waals surface area contributed by atoms with Crippen LogP contribution in [0, 0.1) is 0 Å². The second kappa shape index (κ2) is 6.47. The molecule has 0 radical (unpaired) electrons. The second-order valence-electron chi connectivity index (χ2n) is 4.23. The summed E-state index contributed by atoms with van der Waals surface area (Å²) in [4.78, 5) is 0. The van der Waals surface area contributed by atoms with Gasteiger partial charge in [-0.15, -0.1) is 0 Å². The fraction of sp³-hybridized carbons (Fsp3) is 0.538. The first-order valence-electron chi connectivity index (χ1n) is 5.89. The Balaban J connectivity index is 2.59. The van der Waals surface area contributed by atoms with Gasteiger partial charge in [0.05, 0.1) is 6.61 Å². The highest BCUT2D eigenvalue weighted by Gasteiger charge is 2.11. The van der Waals surface area contributed by atoms with Crippen LogP contribution in [0.4, 0.5) is 0 Å². The van der Waals surface area contributed by atoms with Crippen molar-refractivity contribution in [2.75, 3.05) is 13.2 Å². The van der Waals surface area contributed by atoms with E-state index in [1.807, 2.05) is 20.8 Å². The van der Waals surface area contributed by atoms with Crippen LogP contribution in [-0.2, 0) is 4.74 Å². The van der Waals surface area contributed by atoms with Gasteiger partial charge in [-0.2, -0.15) is 0 Å². The minimum Gasteiger partial charge on any atom is -0.508 e. The van der Waals surface area contributed by atoms with Crippen molar-refractivity contribution < 1.29 is 14.9 Å². The van der Waals surface area contributed by atoms with Gasteiger partial charge < -0.3 is 20.3 Å². The molecule has 1 aromatic rings. The third-order valence-corrected chi connectivity index (χ3v) is 2.53. The number of aromatic hydroxyl groups is 2. The van der Waals surface area contributed by atoms with Crippen LogP contribution in [0.1, 0.15) is 32.4 Å². The monoisotopic (exact) mass is 239 g/mol. The first kappa shape index (κ1) is 13.8. The fourth-order valence-corrected chi connectivity index (χ4v) is 1.73. The normalized spacial score (nSPS) is 14.5. The van der Waals surface area contributed by atoms with E-state index >= 15 is 0 Å². The number of rotatable bonds is 6. The lowest BCUT2D eigenvalue weighted by Gasteiger charge is -2.20. The van der Waals surface area contributed by atoms with Crippen molar-refractivity contribution in [1.82, 2.24) is 5.32 Å². The largest absolute Gasteiger partial charge is 0.508 e. The molecule has 0 aromatic heterocycles. The molecule has 17 heavy (non-hydrogen) atoms. The minimum absolute atomic E-state index is 0.0449. The van der Waals surface area contributed by atoms with Crippen molar-refractivity contribution in [3.05, 3.63) is 23.8 Å². The van der Waals surface area contributed by atoms with E-state index in [9.17, 15) is 10.2 Å². The molecule has 0 amide bonds. The molecule has 3 N–H and O–H groups in total. The Morgan fingerprint density at radius 3 is 2.29 bits per heavy atom. The highest BCUT2D eigenvalue weighted by Crippen LogP contribution is 2.24. The standard InChI is InChI=1S/C13H21NO3/c1-4-17-8-9(2)14-10(3)11-5-12(15)7-13(16)6-11/h5-7,9-10,14-16H,4,8H2,1-3H3. The van der Waals surface area contributed by atoms with Gasteiger partial charge in [0.15, 0.2) is 0 Å². The second-order valence-corrected chi connectivity index (χ2v) is 4.23. The number of hydrogen-bond donors (Lipinski definition) is 3. The first-order chi connectivity index (χ1) is 8.02. The van der Waals surface area contributed by atoms with Crippen molar-refractivity contribution in [3.8, 4) is 11.5 Å². The van der Waals surface area contributed by atoms with E-state index in [4.69, 9.17) is 4.74 Å². The van der Waals surface area contributed by atoms with E-state index < -0.39 is 0 Å². The molecule has 0 fully saturated rings. The molecule has 4 nitrogen and oxygen atoms in total. The predicted octanol–water partition coefficient (Wildman–Crippen LogP) is 2.17. The highest BCUT2D eigenvalue weighted by atomic mass is 16.5. The zero-order valence-corrected chi connectivity index (χ0v) is 10.6. The third kappa shape index (κ3) is 4.63. The number of ether oxygens (including phenoxy) is 1. The summed E-state index contributed by atoms with van der Waals surface area (Å²) >= 11 is 0. The number of phenols is 2. The number of phenolic OH excluding ortho intramolecular Hbond substituents is 2. The van der Waals surface area contributed by atoms with Gasteiger partial charge in [0.2, 0.25) is 0 Å². The summed E-state index contributed by atoms with van der Waals surface area (Å²) in [5, 5.41) is 22.1. The van der Waals surface area contributed by atoms with E-state index in [1.165, 1.54) is 6.07 Å². The zero-order valence-electron chi connectivity index (χ0n) is 10.6. The average Bonchev–Trinajstić information content (AvgIpc) is 2.25. The molecule has 0 aliphatic carbocycles. The Hall–Kier alpha value is -1.26. The first-order valence-corrected chi connectivity index (χ1v) is 5.89. The van der Waals surface area contributed by atoms with Crippen LogP contribution < -0.4 is 5.32 Å². The maximum atomic E-state index is 9.41. The predicted molar refractivity (Wildman–Crippen MR) is 67.3 cm³/mol. The number of nitrogens with one attached hydrogen (secondary N) is 1.